The van der Waals surface area contributed by atoms with Crippen molar-refractivity contribution in [3.8, 4) is 11.3 Å². The maximum Gasteiger partial charge on any atom is 0.129 e. The topological polar surface area (TPSA) is 81.5 Å². The number of aromatic nitrogens is 2. The van der Waals surface area contributed by atoms with Gasteiger partial charge in [-0.2, -0.15) is 0 Å². The van der Waals surface area contributed by atoms with E-state index < -0.39 is 6.23 Å². The number of hydrogen-bond donors (Lipinski definition) is 3. The third-order valence-electron chi connectivity index (χ3n) is 6.23. The maximum absolute atomic E-state index is 10.6. The van der Waals surface area contributed by atoms with E-state index in [1.54, 1.807) is 12.4 Å². The molecule has 1 saturated carbocycles. The van der Waals surface area contributed by atoms with Crippen molar-refractivity contribution in [2.45, 2.75) is 57.4 Å². The van der Waals surface area contributed by atoms with Crippen molar-refractivity contribution in [2.24, 2.45) is 5.92 Å². The summed E-state index contributed by atoms with van der Waals surface area (Å²) in [6.07, 6.45) is 7.02. The second-order valence-electron chi connectivity index (χ2n) is 8.29. The van der Waals surface area contributed by atoms with Crippen LogP contribution in [-0.2, 0) is 0 Å². The molecule has 3 atom stereocenters. The Hall–Kier alpha value is -1.73. The van der Waals surface area contributed by atoms with Crippen LogP contribution in [-0.4, -0.2) is 51.6 Å². The predicted molar refractivity (Wildman–Crippen MR) is 115 cm³/mol. The molecular formula is C22H29ClN4O2. The highest BCUT2D eigenvalue weighted by atomic mass is 35.5. The molecule has 1 aliphatic carbocycles. The first-order valence-corrected chi connectivity index (χ1v) is 10.8. The summed E-state index contributed by atoms with van der Waals surface area (Å²) in [4.78, 5) is 11.3. The molecule has 156 valence electrons. The van der Waals surface area contributed by atoms with Crippen LogP contribution < -0.4 is 10.2 Å². The van der Waals surface area contributed by atoms with Gasteiger partial charge in [0.25, 0.3) is 0 Å². The van der Waals surface area contributed by atoms with Crippen LogP contribution in [0, 0.1) is 12.8 Å². The number of halogens is 1. The summed E-state index contributed by atoms with van der Waals surface area (Å²) in [7, 11) is 0. The summed E-state index contributed by atoms with van der Waals surface area (Å²) >= 11 is 6.42. The van der Waals surface area contributed by atoms with Crippen LogP contribution in [0.15, 0.2) is 30.6 Å². The van der Waals surface area contributed by atoms with E-state index >= 15 is 0 Å². The molecule has 4 rings (SSSR count). The van der Waals surface area contributed by atoms with Crippen LogP contribution in [0.25, 0.3) is 11.3 Å². The highest BCUT2D eigenvalue weighted by molar-refractivity contribution is 6.33. The molecule has 3 heterocycles. The van der Waals surface area contributed by atoms with Gasteiger partial charge in [-0.15, -0.1) is 0 Å². The number of pyridine rings is 2. The normalized spacial score (nSPS) is 24.1. The third kappa shape index (κ3) is 4.72. The molecule has 2 aliphatic rings. The fourth-order valence-electron chi connectivity index (χ4n) is 4.48. The van der Waals surface area contributed by atoms with Crippen LogP contribution in [0.5, 0.6) is 0 Å². The molecule has 6 nitrogen and oxygen atoms in total. The number of aliphatic hydroxyl groups excluding tert-OH is 2. The summed E-state index contributed by atoms with van der Waals surface area (Å²) in [5.74, 6) is 1.11. The molecule has 1 saturated heterocycles. The van der Waals surface area contributed by atoms with Gasteiger partial charge < -0.3 is 15.1 Å². The fourth-order valence-corrected chi connectivity index (χ4v) is 4.67. The smallest absolute Gasteiger partial charge is 0.129 e. The van der Waals surface area contributed by atoms with Gasteiger partial charge in [0.15, 0.2) is 0 Å². The lowest BCUT2D eigenvalue weighted by molar-refractivity contribution is 0.0495. The second kappa shape index (κ2) is 8.96. The molecule has 1 aliphatic heterocycles. The standard InChI is InChI=1S/C22H29ClN4O2/c1-14-3-2-8-24-21(14)18-12-20(25-13-19(18)23)27-9-6-15(7-10-27)22(29)26-16-4-5-17(28)11-16/h2-3,8,12-13,15-17,22,26,28-29H,4-7,9-11H2,1H3/t16-,17-,22?/m1/s1. The van der Waals surface area contributed by atoms with Crippen LogP contribution in [0.3, 0.4) is 0 Å². The van der Waals surface area contributed by atoms with Crippen LogP contribution in [0.1, 0.15) is 37.7 Å². The first-order valence-electron chi connectivity index (χ1n) is 10.5. The number of piperidine rings is 1. The van der Waals surface area contributed by atoms with Gasteiger partial charge in [0.05, 0.1) is 16.8 Å². The zero-order chi connectivity index (χ0) is 20.4. The Morgan fingerprint density at radius 3 is 2.69 bits per heavy atom. The van der Waals surface area contributed by atoms with E-state index in [9.17, 15) is 10.2 Å². The third-order valence-corrected chi connectivity index (χ3v) is 6.53. The zero-order valence-electron chi connectivity index (χ0n) is 16.8. The number of hydrogen-bond acceptors (Lipinski definition) is 6. The molecule has 7 heteroatoms. The lowest BCUT2D eigenvalue weighted by atomic mass is 9.94. The first-order chi connectivity index (χ1) is 14.0. The highest BCUT2D eigenvalue weighted by Gasteiger charge is 2.30. The highest BCUT2D eigenvalue weighted by Crippen LogP contribution is 2.32. The Morgan fingerprint density at radius 1 is 1.21 bits per heavy atom. The van der Waals surface area contributed by atoms with Crippen LogP contribution in [0.4, 0.5) is 5.82 Å². The minimum atomic E-state index is -0.516. The van der Waals surface area contributed by atoms with Gasteiger partial charge in [0.1, 0.15) is 12.0 Å². The number of aryl methyl sites for hydroxylation is 1. The first kappa shape index (κ1) is 20.5. The van der Waals surface area contributed by atoms with Gasteiger partial charge in [-0.1, -0.05) is 17.7 Å². The van der Waals surface area contributed by atoms with Gasteiger partial charge in [0.2, 0.25) is 0 Å². The average molecular weight is 417 g/mol. The minimum Gasteiger partial charge on any atom is -0.393 e. The quantitative estimate of drug-likeness (QED) is 0.649. The molecule has 0 amide bonds. The number of rotatable bonds is 5. The molecule has 29 heavy (non-hydrogen) atoms. The number of aliphatic hydroxyl groups is 2. The Labute approximate surface area is 176 Å². The Kier molecular flexibility index (Phi) is 6.35. The number of nitrogens with zero attached hydrogens (tertiary/aromatic N) is 3. The fraction of sp³-hybridized carbons (Fsp3) is 0.545. The zero-order valence-corrected chi connectivity index (χ0v) is 17.5. The molecular weight excluding hydrogens is 388 g/mol. The summed E-state index contributed by atoms with van der Waals surface area (Å²) in [6, 6.07) is 6.19. The minimum absolute atomic E-state index is 0.216. The Bertz CT molecular complexity index is 841. The number of anilines is 1. The van der Waals surface area contributed by atoms with Crippen molar-refractivity contribution in [3.05, 3.63) is 41.2 Å². The monoisotopic (exact) mass is 416 g/mol. The summed E-state index contributed by atoms with van der Waals surface area (Å²) in [6.45, 7) is 3.71. The van der Waals surface area contributed by atoms with E-state index in [0.717, 1.165) is 67.8 Å². The molecule has 2 fully saturated rings. The van der Waals surface area contributed by atoms with E-state index in [2.05, 4.69) is 20.2 Å². The van der Waals surface area contributed by atoms with Crippen molar-refractivity contribution < 1.29 is 10.2 Å². The summed E-state index contributed by atoms with van der Waals surface area (Å²) in [5, 5.41) is 24.2. The Morgan fingerprint density at radius 2 is 2.00 bits per heavy atom. The van der Waals surface area contributed by atoms with Gasteiger partial charge >= 0.3 is 0 Å². The van der Waals surface area contributed by atoms with Crippen molar-refractivity contribution in [2.75, 3.05) is 18.0 Å². The molecule has 0 radical (unpaired) electrons. The van der Waals surface area contributed by atoms with Crippen molar-refractivity contribution >= 4 is 17.4 Å². The van der Waals surface area contributed by atoms with Crippen LogP contribution in [0.2, 0.25) is 5.02 Å². The van der Waals surface area contributed by atoms with Crippen LogP contribution >= 0.6 is 11.6 Å². The molecule has 2 aromatic rings. The van der Waals surface area contributed by atoms with Crippen molar-refractivity contribution in [1.29, 1.82) is 0 Å². The van der Waals surface area contributed by atoms with E-state index in [4.69, 9.17) is 11.6 Å². The van der Waals surface area contributed by atoms with Crippen molar-refractivity contribution in [3.63, 3.8) is 0 Å². The predicted octanol–water partition coefficient (Wildman–Crippen LogP) is 3.14. The SMILES string of the molecule is Cc1cccnc1-c1cc(N2CCC(C(O)N[C@@H]3CC[C@@H](O)C3)CC2)ncc1Cl. The molecule has 2 aromatic heterocycles. The van der Waals surface area contributed by atoms with Gasteiger partial charge in [0, 0.05) is 43.0 Å². The molecule has 3 N–H and O–H groups in total. The van der Waals surface area contributed by atoms with Gasteiger partial charge in [-0.05, 0) is 56.7 Å². The largest absolute Gasteiger partial charge is 0.393 e. The number of nitrogens with one attached hydrogen (secondary N) is 1. The summed E-state index contributed by atoms with van der Waals surface area (Å²) in [5.41, 5.74) is 2.87. The molecule has 0 aromatic carbocycles. The molecule has 0 bridgehead atoms. The second-order valence-corrected chi connectivity index (χ2v) is 8.70. The van der Waals surface area contributed by atoms with E-state index in [-0.39, 0.29) is 18.1 Å². The lowest BCUT2D eigenvalue weighted by Gasteiger charge is -2.36. The molecule has 0 spiro atoms. The summed E-state index contributed by atoms with van der Waals surface area (Å²) < 4.78 is 0. The van der Waals surface area contributed by atoms with Gasteiger partial charge in [-0.3, -0.25) is 10.3 Å². The lowest BCUT2D eigenvalue weighted by Crippen LogP contribution is -2.46. The van der Waals surface area contributed by atoms with E-state index in [0.29, 0.717) is 5.02 Å². The Balaban J connectivity index is 1.40. The van der Waals surface area contributed by atoms with Crippen molar-refractivity contribution in [1.82, 2.24) is 15.3 Å². The van der Waals surface area contributed by atoms with E-state index in [1.165, 1.54) is 0 Å². The van der Waals surface area contributed by atoms with Gasteiger partial charge in [-0.25, -0.2) is 4.98 Å². The van der Waals surface area contributed by atoms with E-state index in [1.807, 2.05) is 25.1 Å². The average Bonchev–Trinajstić information content (AvgIpc) is 3.14. The molecule has 1 unspecified atom stereocenters. The maximum atomic E-state index is 10.6.